The number of benzene rings is 2. The SMILES string of the molecule is COc1ccccc1N1CCN(CCCCC(=O)c2ccc(O)c(C(N)=O)c2)C(I)C1. The van der Waals surface area contributed by atoms with Gasteiger partial charge in [0.05, 0.1) is 22.4 Å². The molecule has 2 aromatic carbocycles. The number of nitrogens with zero attached hydrogens (tertiary/aromatic N) is 2. The largest absolute Gasteiger partial charge is 0.507 e. The van der Waals surface area contributed by atoms with E-state index in [1.165, 1.54) is 18.2 Å². The van der Waals surface area contributed by atoms with Crippen molar-refractivity contribution in [3.8, 4) is 11.5 Å². The highest BCUT2D eigenvalue weighted by Crippen LogP contribution is 2.30. The number of hydrogen-bond acceptors (Lipinski definition) is 6. The smallest absolute Gasteiger partial charge is 0.252 e. The first-order valence-corrected chi connectivity index (χ1v) is 11.6. The number of ether oxygens (including phenoxy) is 1. The molecule has 1 unspecified atom stereocenters. The summed E-state index contributed by atoms with van der Waals surface area (Å²) < 4.78 is 5.87. The number of methoxy groups -OCH3 is 1. The van der Waals surface area contributed by atoms with Gasteiger partial charge in [-0.15, -0.1) is 0 Å². The van der Waals surface area contributed by atoms with E-state index in [1.807, 2.05) is 18.2 Å². The number of nitrogens with two attached hydrogens (primary N) is 1. The van der Waals surface area contributed by atoms with Gasteiger partial charge in [0, 0.05) is 31.6 Å². The number of halogens is 1. The summed E-state index contributed by atoms with van der Waals surface area (Å²) in [6.45, 7) is 3.74. The maximum absolute atomic E-state index is 12.4. The zero-order chi connectivity index (χ0) is 22.4. The number of ketones is 1. The number of carbonyl (C=O) groups is 2. The number of anilines is 1. The van der Waals surface area contributed by atoms with Gasteiger partial charge in [-0.25, -0.2) is 0 Å². The summed E-state index contributed by atoms with van der Waals surface area (Å²) in [6, 6.07) is 12.3. The molecular weight excluding hydrogens is 509 g/mol. The van der Waals surface area contributed by atoms with Gasteiger partial charge in [0.1, 0.15) is 11.5 Å². The molecule has 1 aliphatic rings. The standard InChI is InChI=1S/C23H28IN3O4/c1-31-21-8-3-2-6-18(21)27-13-12-26(22(24)15-27)11-5-4-7-19(28)16-9-10-20(29)17(14-16)23(25)30/h2-3,6,8-10,14,22,29H,4-5,7,11-13,15H2,1H3,(H2,25,30). The van der Waals surface area contributed by atoms with Gasteiger partial charge in [-0.05, 0) is 49.7 Å². The van der Waals surface area contributed by atoms with Crippen LogP contribution >= 0.6 is 22.6 Å². The molecule has 2 aromatic rings. The Kier molecular flexibility index (Phi) is 8.14. The van der Waals surface area contributed by atoms with Crippen molar-refractivity contribution in [3.05, 3.63) is 53.6 Å². The predicted octanol–water partition coefficient (Wildman–Crippen LogP) is 3.44. The number of piperazine rings is 1. The second-order valence-electron chi connectivity index (χ2n) is 7.56. The minimum absolute atomic E-state index is 0.0217. The lowest BCUT2D eigenvalue weighted by molar-refractivity contribution is 0.0977. The highest BCUT2D eigenvalue weighted by molar-refractivity contribution is 14.1. The molecule has 0 radical (unpaired) electrons. The minimum Gasteiger partial charge on any atom is -0.507 e. The first-order chi connectivity index (χ1) is 14.9. The first-order valence-electron chi connectivity index (χ1n) is 10.3. The van der Waals surface area contributed by atoms with Crippen LogP contribution in [-0.4, -0.2) is 59.0 Å². The number of primary amides is 1. The number of phenols is 1. The molecule has 0 saturated carbocycles. The molecule has 0 bridgehead atoms. The maximum atomic E-state index is 12.4. The van der Waals surface area contributed by atoms with Crippen LogP contribution in [0.1, 0.15) is 40.0 Å². The summed E-state index contributed by atoms with van der Waals surface area (Å²) >= 11 is 2.48. The average Bonchev–Trinajstić information content (AvgIpc) is 2.77. The molecule has 1 amide bonds. The monoisotopic (exact) mass is 537 g/mol. The van der Waals surface area contributed by atoms with Crippen LogP contribution in [0.4, 0.5) is 5.69 Å². The lowest BCUT2D eigenvalue weighted by atomic mass is 10.0. The molecule has 1 saturated heterocycles. The summed E-state index contributed by atoms with van der Waals surface area (Å²) in [4.78, 5) is 28.6. The number of para-hydroxylation sites is 2. The van der Waals surface area contributed by atoms with Crippen LogP contribution < -0.4 is 15.4 Å². The molecule has 1 aliphatic heterocycles. The molecule has 1 heterocycles. The van der Waals surface area contributed by atoms with Gasteiger partial charge < -0.3 is 20.5 Å². The van der Waals surface area contributed by atoms with Crippen LogP contribution in [-0.2, 0) is 0 Å². The van der Waals surface area contributed by atoms with Crippen molar-refractivity contribution in [1.29, 1.82) is 0 Å². The minimum atomic E-state index is -0.743. The first kappa shape index (κ1) is 23.3. The van der Waals surface area contributed by atoms with Gasteiger partial charge in [-0.2, -0.15) is 0 Å². The number of rotatable bonds is 9. The van der Waals surface area contributed by atoms with Crippen molar-refractivity contribution in [2.45, 2.75) is 23.3 Å². The van der Waals surface area contributed by atoms with Crippen molar-refractivity contribution in [1.82, 2.24) is 4.90 Å². The van der Waals surface area contributed by atoms with E-state index in [-0.39, 0.29) is 17.1 Å². The van der Waals surface area contributed by atoms with Crippen LogP contribution in [0.3, 0.4) is 0 Å². The van der Waals surface area contributed by atoms with Gasteiger partial charge >= 0.3 is 0 Å². The van der Waals surface area contributed by atoms with E-state index in [2.05, 4.69) is 38.5 Å². The lowest BCUT2D eigenvalue weighted by Gasteiger charge is -2.40. The Morgan fingerprint density at radius 3 is 2.68 bits per heavy atom. The summed E-state index contributed by atoms with van der Waals surface area (Å²) in [5.74, 6) is -0.0989. The second kappa shape index (κ2) is 10.8. The van der Waals surface area contributed by atoms with E-state index in [0.717, 1.165) is 50.5 Å². The summed E-state index contributed by atoms with van der Waals surface area (Å²) in [6.07, 6.45) is 2.08. The summed E-state index contributed by atoms with van der Waals surface area (Å²) in [5.41, 5.74) is 6.75. The molecular formula is C23H28IN3O4. The molecule has 0 spiro atoms. The Bertz CT molecular complexity index is 937. The van der Waals surface area contributed by atoms with Crippen LogP contribution in [0.2, 0.25) is 0 Å². The fourth-order valence-electron chi connectivity index (χ4n) is 3.79. The Balaban J connectivity index is 1.46. The summed E-state index contributed by atoms with van der Waals surface area (Å²) in [7, 11) is 1.70. The van der Waals surface area contributed by atoms with Crippen LogP contribution in [0.5, 0.6) is 11.5 Å². The molecule has 3 N–H and O–H groups in total. The van der Waals surface area contributed by atoms with E-state index in [1.54, 1.807) is 7.11 Å². The van der Waals surface area contributed by atoms with E-state index >= 15 is 0 Å². The van der Waals surface area contributed by atoms with Crippen molar-refractivity contribution >= 4 is 40.0 Å². The fourth-order valence-corrected chi connectivity index (χ4v) is 4.82. The van der Waals surface area contributed by atoms with Gasteiger partial charge in [0.2, 0.25) is 0 Å². The van der Waals surface area contributed by atoms with Crippen molar-refractivity contribution in [2.75, 3.05) is 38.2 Å². The van der Waals surface area contributed by atoms with E-state index < -0.39 is 5.91 Å². The molecule has 166 valence electrons. The lowest BCUT2D eigenvalue weighted by Crippen LogP contribution is -2.50. The Morgan fingerprint density at radius 1 is 1.19 bits per heavy atom. The quantitative estimate of drug-likeness (QED) is 0.167. The zero-order valence-corrected chi connectivity index (χ0v) is 19.7. The number of amides is 1. The molecule has 1 atom stereocenters. The number of aromatic hydroxyl groups is 1. The number of Topliss-reactive ketones (excluding diaryl/α,β-unsaturated/α-hetero) is 1. The Morgan fingerprint density at radius 2 is 1.97 bits per heavy atom. The van der Waals surface area contributed by atoms with E-state index in [9.17, 15) is 14.7 Å². The Labute approximate surface area is 196 Å². The van der Waals surface area contributed by atoms with Gasteiger partial charge in [-0.3, -0.25) is 14.5 Å². The number of alkyl halides is 1. The molecule has 7 nitrogen and oxygen atoms in total. The third kappa shape index (κ3) is 5.88. The third-order valence-electron chi connectivity index (χ3n) is 5.53. The second-order valence-corrected chi connectivity index (χ2v) is 9.00. The van der Waals surface area contributed by atoms with Gasteiger partial charge in [-0.1, -0.05) is 34.7 Å². The van der Waals surface area contributed by atoms with E-state index in [4.69, 9.17) is 10.5 Å². The average molecular weight is 537 g/mol. The van der Waals surface area contributed by atoms with Crippen molar-refractivity contribution in [2.24, 2.45) is 5.73 Å². The topological polar surface area (TPSA) is 96.1 Å². The van der Waals surface area contributed by atoms with Crippen molar-refractivity contribution < 1.29 is 19.4 Å². The van der Waals surface area contributed by atoms with Crippen molar-refractivity contribution in [3.63, 3.8) is 0 Å². The molecule has 0 aromatic heterocycles. The molecule has 0 aliphatic carbocycles. The van der Waals surface area contributed by atoms with Crippen LogP contribution in [0.15, 0.2) is 42.5 Å². The fraction of sp³-hybridized carbons (Fsp3) is 0.391. The number of hydrogen-bond donors (Lipinski definition) is 2. The molecule has 31 heavy (non-hydrogen) atoms. The Hall–Kier alpha value is -2.33. The normalized spacial score (nSPS) is 16.8. The number of unbranched alkanes of at least 4 members (excludes halogenated alkanes) is 1. The third-order valence-corrected chi connectivity index (χ3v) is 6.72. The highest BCUT2D eigenvalue weighted by atomic mass is 127. The number of carbonyl (C=O) groups excluding carboxylic acids is 2. The predicted molar refractivity (Wildman–Crippen MR) is 129 cm³/mol. The van der Waals surface area contributed by atoms with Gasteiger partial charge in [0.15, 0.2) is 5.78 Å². The van der Waals surface area contributed by atoms with Crippen LogP contribution in [0.25, 0.3) is 0 Å². The molecule has 1 fully saturated rings. The zero-order valence-electron chi connectivity index (χ0n) is 17.6. The highest BCUT2D eigenvalue weighted by Gasteiger charge is 2.26. The molecule has 8 heteroatoms. The van der Waals surface area contributed by atoms with Gasteiger partial charge in [0.25, 0.3) is 5.91 Å². The van der Waals surface area contributed by atoms with Crippen LogP contribution in [0, 0.1) is 0 Å². The van der Waals surface area contributed by atoms with E-state index in [0.29, 0.717) is 16.0 Å². The molecule has 3 rings (SSSR count). The summed E-state index contributed by atoms with van der Waals surface area (Å²) in [5, 5.41) is 9.66. The maximum Gasteiger partial charge on any atom is 0.252 e.